The number of benzene rings is 1. The van der Waals surface area contributed by atoms with Crippen LogP contribution in [0.2, 0.25) is 0 Å². The van der Waals surface area contributed by atoms with Crippen LogP contribution in [0.5, 0.6) is 5.75 Å². The van der Waals surface area contributed by atoms with E-state index in [1.165, 1.54) is 7.11 Å². The third-order valence-corrected chi connectivity index (χ3v) is 3.54. The highest BCUT2D eigenvalue weighted by Crippen LogP contribution is 2.33. The van der Waals surface area contributed by atoms with Gasteiger partial charge < -0.3 is 15.2 Å². The number of esters is 1. The van der Waals surface area contributed by atoms with Crippen molar-refractivity contribution >= 4 is 5.97 Å². The summed E-state index contributed by atoms with van der Waals surface area (Å²) in [6, 6.07) is 7.35. The first-order valence-corrected chi connectivity index (χ1v) is 6.98. The highest BCUT2D eigenvalue weighted by Gasteiger charge is 2.15. The summed E-state index contributed by atoms with van der Waals surface area (Å²) in [4.78, 5) is 15.6. The van der Waals surface area contributed by atoms with Crippen molar-refractivity contribution in [3.05, 3.63) is 47.8 Å². The third kappa shape index (κ3) is 3.43. The Kier molecular flexibility index (Phi) is 5.12. The van der Waals surface area contributed by atoms with Gasteiger partial charge in [0, 0.05) is 29.6 Å². The SMILES string of the molecule is COC(=O)CC(N)c1cncc(-c2c(C)cccc2OC)c1. The van der Waals surface area contributed by atoms with Gasteiger partial charge in [0.1, 0.15) is 5.75 Å². The summed E-state index contributed by atoms with van der Waals surface area (Å²) in [5, 5.41) is 0. The molecule has 0 aliphatic heterocycles. The summed E-state index contributed by atoms with van der Waals surface area (Å²) in [5.74, 6) is 0.437. The molecule has 0 saturated heterocycles. The monoisotopic (exact) mass is 300 g/mol. The Bertz CT molecular complexity index is 671. The van der Waals surface area contributed by atoms with E-state index in [0.717, 1.165) is 28.0 Å². The zero-order valence-electron chi connectivity index (χ0n) is 13.0. The van der Waals surface area contributed by atoms with Crippen molar-refractivity contribution in [2.75, 3.05) is 14.2 Å². The number of carbonyl (C=O) groups excluding carboxylic acids is 1. The maximum absolute atomic E-state index is 11.4. The highest BCUT2D eigenvalue weighted by atomic mass is 16.5. The molecule has 2 rings (SSSR count). The minimum absolute atomic E-state index is 0.118. The standard InChI is InChI=1S/C17H20N2O3/c1-11-5-4-6-15(21-2)17(11)13-7-12(9-19-10-13)14(18)8-16(20)22-3/h4-7,9-10,14H,8,18H2,1-3H3. The molecule has 116 valence electrons. The van der Waals surface area contributed by atoms with Gasteiger partial charge in [0.05, 0.1) is 20.6 Å². The van der Waals surface area contributed by atoms with Crippen molar-refractivity contribution in [2.24, 2.45) is 5.73 Å². The predicted molar refractivity (Wildman–Crippen MR) is 84.5 cm³/mol. The smallest absolute Gasteiger partial charge is 0.307 e. The van der Waals surface area contributed by atoms with Crippen LogP contribution in [-0.2, 0) is 9.53 Å². The second kappa shape index (κ2) is 7.04. The number of aromatic nitrogens is 1. The molecule has 5 heteroatoms. The molecule has 0 radical (unpaired) electrons. The predicted octanol–water partition coefficient (Wildman–Crippen LogP) is 2.63. The van der Waals surface area contributed by atoms with Crippen LogP contribution in [0.4, 0.5) is 0 Å². The molecule has 1 unspecified atom stereocenters. The lowest BCUT2D eigenvalue weighted by atomic mass is 9.97. The number of hydrogen-bond donors (Lipinski definition) is 1. The molecule has 0 spiro atoms. The van der Waals surface area contributed by atoms with Gasteiger partial charge in [-0.25, -0.2) is 0 Å². The number of nitrogens with two attached hydrogens (primary N) is 1. The summed E-state index contributed by atoms with van der Waals surface area (Å²) in [5.41, 5.74) is 9.81. The van der Waals surface area contributed by atoms with E-state index in [-0.39, 0.29) is 12.4 Å². The van der Waals surface area contributed by atoms with Gasteiger partial charge in [-0.05, 0) is 30.2 Å². The van der Waals surface area contributed by atoms with Crippen molar-refractivity contribution in [2.45, 2.75) is 19.4 Å². The van der Waals surface area contributed by atoms with Crippen LogP contribution in [0.15, 0.2) is 36.7 Å². The lowest BCUT2D eigenvalue weighted by molar-refractivity contribution is -0.141. The maximum atomic E-state index is 11.4. The summed E-state index contributed by atoms with van der Waals surface area (Å²) in [6.45, 7) is 2.01. The lowest BCUT2D eigenvalue weighted by Crippen LogP contribution is -2.16. The van der Waals surface area contributed by atoms with E-state index in [2.05, 4.69) is 9.72 Å². The van der Waals surface area contributed by atoms with Crippen molar-refractivity contribution in [3.8, 4) is 16.9 Å². The van der Waals surface area contributed by atoms with E-state index in [9.17, 15) is 4.79 Å². The van der Waals surface area contributed by atoms with Crippen molar-refractivity contribution < 1.29 is 14.3 Å². The molecule has 0 amide bonds. The van der Waals surface area contributed by atoms with E-state index in [0.29, 0.717) is 0 Å². The van der Waals surface area contributed by atoms with Gasteiger partial charge in [0.25, 0.3) is 0 Å². The molecule has 2 aromatic rings. The van der Waals surface area contributed by atoms with E-state index in [1.807, 2.05) is 31.2 Å². The van der Waals surface area contributed by atoms with Crippen LogP contribution < -0.4 is 10.5 Å². The Morgan fingerprint density at radius 2 is 2.09 bits per heavy atom. The fraction of sp³-hybridized carbons (Fsp3) is 0.294. The molecular weight excluding hydrogens is 280 g/mol. The second-order valence-electron chi connectivity index (χ2n) is 5.05. The van der Waals surface area contributed by atoms with E-state index >= 15 is 0 Å². The number of rotatable bonds is 5. The molecule has 1 aromatic heterocycles. The topological polar surface area (TPSA) is 74.4 Å². The van der Waals surface area contributed by atoms with Crippen LogP contribution in [0.3, 0.4) is 0 Å². The second-order valence-corrected chi connectivity index (χ2v) is 5.05. The summed E-state index contributed by atoms with van der Waals surface area (Å²) in [6.07, 6.45) is 3.55. The fourth-order valence-corrected chi connectivity index (χ4v) is 2.36. The van der Waals surface area contributed by atoms with Crippen LogP contribution in [0.25, 0.3) is 11.1 Å². The number of hydrogen-bond acceptors (Lipinski definition) is 5. The van der Waals surface area contributed by atoms with Gasteiger partial charge in [-0.2, -0.15) is 0 Å². The fourth-order valence-electron chi connectivity index (χ4n) is 2.36. The maximum Gasteiger partial charge on any atom is 0.307 e. The zero-order chi connectivity index (χ0) is 16.1. The lowest BCUT2D eigenvalue weighted by Gasteiger charge is -2.14. The Morgan fingerprint density at radius 1 is 1.32 bits per heavy atom. The molecule has 0 saturated carbocycles. The first-order chi connectivity index (χ1) is 10.6. The quantitative estimate of drug-likeness (QED) is 0.859. The van der Waals surface area contributed by atoms with Gasteiger partial charge in [0.2, 0.25) is 0 Å². The Labute approximate surface area is 130 Å². The minimum atomic E-state index is -0.449. The molecule has 0 bridgehead atoms. The number of pyridine rings is 1. The first kappa shape index (κ1) is 16.0. The normalized spacial score (nSPS) is 11.8. The number of aryl methyl sites for hydroxylation is 1. The molecule has 22 heavy (non-hydrogen) atoms. The van der Waals surface area contributed by atoms with Gasteiger partial charge in [0.15, 0.2) is 0 Å². The number of methoxy groups -OCH3 is 2. The number of carbonyl (C=O) groups is 1. The van der Waals surface area contributed by atoms with E-state index < -0.39 is 6.04 Å². The highest BCUT2D eigenvalue weighted by molar-refractivity contribution is 5.74. The Balaban J connectivity index is 2.39. The average Bonchev–Trinajstić information content (AvgIpc) is 2.54. The zero-order valence-corrected chi connectivity index (χ0v) is 13.0. The molecule has 5 nitrogen and oxygen atoms in total. The minimum Gasteiger partial charge on any atom is -0.496 e. The molecule has 0 aliphatic rings. The molecule has 0 aliphatic carbocycles. The average molecular weight is 300 g/mol. The molecule has 1 aromatic carbocycles. The van der Waals surface area contributed by atoms with Crippen LogP contribution in [0, 0.1) is 6.92 Å². The van der Waals surface area contributed by atoms with Crippen LogP contribution >= 0.6 is 0 Å². The number of ether oxygens (including phenoxy) is 2. The third-order valence-electron chi connectivity index (χ3n) is 3.54. The van der Waals surface area contributed by atoms with Crippen molar-refractivity contribution in [1.29, 1.82) is 0 Å². The molecule has 2 N–H and O–H groups in total. The Hall–Kier alpha value is -2.40. The molecule has 1 atom stereocenters. The number of nitrogens with zero attached hydrogens (tertiary/aromatic N) is 1. The van der Waals surface area contributed by atoms with Crippen LogP contribution in [-0.4, -0.2) is 25.2 Å². The van der Waals surface area contributed by atoms with Crippen molar-refractivity contribution in [1.82, 2.24) is 4.98 Å². The largest absolute Gasteiger partial charge is 0.496 e. The van der Waals surface area contributed by atoms with Crippen molar-refractivity contribution in [3.63, 3.8) is 0 Å². The summed E-state index contributed by atoms with van der Waals surface area (Å²) >= 11 is 0. The summed E-state index contributed by atoms with van der Waals surface area (Å²) in [7, 11) is 2.99. The van der Waals surface area contributed by atoms with Gasteiger partial charge in [-0.15, -0.1) is 0 Å². The first-order valence-electron chi connectivity index (χ1n) is 6.98. The molecule has 0 fully saturated rings. The van der Waals surface area contributed by atoms with Gasteiger partial charge in [-0.1, -0.05) is 12.1 Å². The van der Waals surface area contributed by atoms with E-state index in [1.54, 1.807) is 19.5 Å². The van der Waals surface area contributed by atoms with Gasteiger partial charge >= 0.3 is 5.97 Å². The van der Waals surface area contributed by atoms with E-state index in [4.69, 9.17) is 10.5 Å². The molecular formula is C17H20N2O3. The molecule has 1 heterocycles. The Morgan fingerprint density at radius 3 is 2.77 bits per heavy atom. The van der Waals surface area contributed by atoms with Gasteiger partial charge in [-0.3, -0.25) is 9.78 Å². The summed E-state index contributed by atoms with van der Waals surface area (Å²) < 4.78 is 10.1. The van der Waals surface area contributed by atoms with Crippen LogP contribution in [0.1, 0.15) is 23.6 Å².